The summed E-state index contributed by atoms with van der Waals surface area (Å²) < 4.78 is 10.3. The van der Waals surface area contributed by atoms with Crippen molar-refractivity contribution >= 4 is 39.4 Å². The number of H-pyrrole nitrogens is 1. The maximum Gasteiger partial charge on any atom is 0.343 e. The molecule has 26 heavy (non-hydrogen) atoms. The molecule has 0 aliphatic rings. The van der Waals surface area contributed by atoms with Crippen molar-refractivity contribution in [1.29, 1.82) is 0 Å². The Kier molecular flexibility index (Phi) is 4.54. The second-order valence-electron chi connectivity index (χ2n) is 5.81. The average Bonchev–Trinajstić information content (AvgIpc) is 3.09. The van der Waals surface area contributed by atoms with Crippen LogP contribution in [0.3, 0.4) is 0 Å². The zero-order valence-electron chi connectivity index (χ0n) is 14.2. The molecule has 0 atom stereocenters. The number of aromatic nitrogens is 1. The van der Waals surface area contributed by atoms with E-state index in [2.05, 4.69) is 40.1 Å². The Morgan fingerprint density at radius 3 is 2.73 bits per heavy atom. The van der Waals surface area contributed by atoms with Gasteiger partial charge in [0.2, 0.25) is 0 Å². The first-order chi connectivity index (χ1) is 12.7. The van der Waals surface area contributed by atoms with Gasteiger partial charge in [-0.15, -0.1) is 0 Å². The fourth-order valence-corrected chi connectivity index (χ4v) is 3.88. The van der Waals surface area contributed by atoms with Gasteiger partial charge in [-0.05, 0) is 35.0 Å². The van der Waals surface area contributed by atoms with E-state index in [0.29, 0.717) is 5.75 Å². The minimum Gasteiger partial charge on any atom is -0.481 e. The van der Waals surface area contributed by atoms with E-state index in [4.69, 9.17) is 4.74 Å². The highest BCUT2D eigenvalue weighted by Gasteiger charge is 2.12. The summed E-state index contributed by atoms with van der Waals surface area (Å²) >= 11 is 1.67. The number of esters is 1. The highest BCUT2D eigenvalue weighted by Crippen LogP contribution is 2.39. The van der Waals surface area contributed by atoms with Crippen molar-refractivity contribution < 1.29 is 14.3 Å². The predicted molar refractivity (Wildman–Crippen MR) is 104 cm³/mol. The molecule has 0 saturated carbocycles. The van der Waals surface area contributed by atoms with E-state index in [1.54, 1.807) is 11.8 Å². The molecule has 0 aliphatic heterocycles. The van der Waals surface area contributed by atoms with Crippen LogP contribution in [0, 0.1) is 0 Å². The number of ether oxygens (including phenoxy) is 2. The molecular formula is C21H17NO3S. The summed E-state index contributed by atoms with van der Waals surface area (Å²) in [5.74, 6) is 0.263. The molecule has 5 heteroatoms. The Morgan fingerprint density at radius 2 is 1.88 bits per heavy atom. The monoisotopic (exact) mass is 363 g/mol. The molecule has 4 aromatic rings. The second-order valence-corrected chi connectivity index (χ2v) is 6.92. The standard InChI is InChI=1S/C21H17NO3S/c1-24-20(23)13-25-18-8-4-7-17-21(18)19(12-22-17)26-16-10-9-14-5-2-3-6-15(14)11-16/h2-12,22H,13H2,1H3. The zero-order chi connectivity index (χ0) is 17.9. The van der Waals surface area contributed by atoms with Crippen molar-refractivity contribution in [2.24, 2.45) is 0 Å². The van der Waals surface area contributed by atoms with Crippen LogP contribution in [-0.2, 0) is 9.53 Å². The molecule has 0 saturated heterocycles. The Hall–Kier alpha value is -2.92. The lowest BCUT2D eigenvalue weighted by Crippen LogP contribution is -2.12. The quantitative estimate of drug-likeness (QED) is 0.506. The number of benzene rings is 3. The van der Waals surface area contributed by atoms with Crippen LogP contribution < -0.4 is 4.74 Å². The molecule has 0 aliphatic carbocycles. The Bertz CT molecular complexity index is 1090. The van der Waals surface area contributed by atoms with Gasteiger partial charge in [0, 0.05) is 16.0 Å². The first-order valence-corrected chi connectivity index (χ1v) is 9.02. The van der Waals surface area contributed by atoms with Crippen molar-refractivity contribution in [3.05, 3.63) is 66.9 Å². The van der Waals surface area contributed by atoms with Crippen molar-refractivity contribution in [3.8, 4) is 5.75 Å². The molecule has 4 nitrogen and oxygen atoms in total. The lowest BCUT2D eigenvalue weighted by atomic mass is 10.1. The molecule has 1 aromatic heterocycles. The molecular weight excluding hydrogens is 346 g/mol. The lowest BCUT2D eigenvalue weighted by Gasteiger charge is -2.08. The molecule has 0 amide bonds. The van der Waals surface area contributed by atoms with Crippen molar-refractivity contribution in [2.75, 3.05) is 13.7 Å². The molecule has 0 spiro atoms. The van der Waals surface area contributed by atoms with Gasteiger partial charge in [0.25, 0.3) is 0 Å². The van der Waals surface area contributed by atoms with Gasteiger partial charge in [0.15, 0.2) is 6.61 Å². The van der Waals surface area contributed by atoms with E-state index in [9.17, 15) is 4.79 Å². The summed E-state index contributed by atoms with van der Waals surface area (Å²) in [6.45, 7) is -0.110. The van der Waals surface area contributed by atoms with Crippen LogP contribution in [0.25, 0.3) is 21.7 Å². The van der Waals surface area contributed by atoms with Crippen LogP contribution in [0.4, 0.5) is 0 Å². The molecule has 3 aromatic carbocycles. The van der Waals surface area contributed by atoms with Crippen LogP contribution >= 0.6 is 11.8 Å². The maximum atomic E-state index is 11.4. The third kappa shape index (κ3) is 3.26. The summed E-state index contributed by atoms with van der Waals surface area (Å²) in [6, 6.07) is 20.5. The number of carbonyl (C=O) groups is 1. The number of fused-ring (bicyclic) bond motifs is 2. The summed E-state index contributed by atoms with van der Waals surface area (Å²) in [7, 11) is 1.35. The smallest absolute Gasteiger partial charge is 0.343 e. The third-order valence-electron chi connectivity index (χ3n) is 4.15. The summed E-state index contributed by atoms with van der Waals surface area (Å²) in [5, 5.41) is 3.40. The van der Waals surface area contributed by atoms with Crippen molar-refractivity contribution in [2.45, 2.75) is 9.79 Å². The first kappa shape index (κ1) is 16.5. The van der Waals surface area contributed by atoms with E-state index >= 15 is 0 Å². The molecule has 1 heterocycles. The predicted octanol–water partition coefficient (Wildman–Crippen LogP) is 5.02. The number of methoxy groups -OCH3 is 1. The van der Waals surface area contributed by atoms with Crippen LogP contribution in [-0.4, -0.2) is 24.7 Å². The first-order valence-electron chi connectivity index (χ1n) is 8.21. The van der Waals surface area contributed by atoms with Crippen LogP contribution in [0.1, 0.15) is 0 Å². The van der Waals surface area contributed by atoms with E-state index < -0.39 is 5.97 Å². The van der Waals surface area contributed by atoms with Gasteiger partial charge in [0.05, 0.1) is 18.0 Å². The van der Waals surface area contributed by atoms with E-state index in [-0.39, 0.29) is 6.61 Å². The Balaban J connectivity index is 1.68. The minimum atomic E-state index is -0.402. The largest absolute Gasteiger partial charge is 0.481 e. The van der Waals surface area contributed by atoms with Crippen molar-refractivity contribution in [1.82, 2.24) is 4.98 Å². The third-order valence-corrected chi connectivity index (χ3v) is 5.18. The van der Waals surface area contributed by atoms with Gasteiger partial charge in [0.1, 0.15) is 5.75 Å². The number of aromatic amines is 1. The van der Waals surface area contributed by atoms with Gasteiger partial charge in [-0.1, -0.05) is 48.2 Å². The molecule has 1 N–H and O–H groups in total. The molecule has 0 fully saturated rings. The number of rotatable bonds is 5. The Morgan fingerprint density at radius 1 is 1.04 bits per heavy atom. The van der Waals surface area contributed by atoms with E-state index in [0.717, 1.165) is 20.7 Å². The molecule has 130 valence electrons. The van der Waals surface area contributed by atoms with Gasteiger partial charge < -0.3 is 14.5 Å². The lowest BCUT2D eigenvalue weighted by molar-refractivity contribution is -0.142. The molecule has 4 rings (SSSR count). The second kappa shape index (κ2) is 7.14. The minimum absolute atomic E-state index is 0.110. The highest BCUT2D eigenvalue weighted by atomic mass is 32.2. The number of nitrogens with one attached hydrogen (secondary N) is 1. The highest BCUT2D eigenvalue weighted by molar-refractivity contribution is 7.99. The van der Waals surface area contributed by atoms with Gasteiger partial charge in [-0.3, -0.25) is 0 Å². The maximum absolute atomic E-state index is 11.4. The number of hydrogen-bond donors (Lipinski definition) is 1. The SMILES string of the molecule is COC(=O)COc1cccc2[nH]cc(Sc3ccc4ccccc4c3)c12. The van der Waals surface area contributed by atoms with Crippen LogP contribution in [0.15, 0.2) is 76.7 Å². The Labute approximate surface area is 155 Å². The van der Waals surface area contributed by atoms with Crippen LogP contribution in [0.5, 0.6) is 5.75 Å². The molecule has 0 bridgehead atoms. The average molecular weight is 363 g/mol. The van der Waals surface area contributed by atoms with E-state index in [1.807, 2.05) is 36.5 Å². The summed E-state index contributed by atoms with van der Waals surface area (Å²) in [6.07, 6.45) is 1.97. The van der Waals surface area contributed by atoms with Crippen molar-refractivity contribution in [3.63, 3.8) is 0 Å². The number of carbonyl (C=O) groups excluding carboxylic acids is 1. The van der Waals surface area contributed by atoms with Gasteiger partial charge in [-0.2, -0.15) is 0 Å². The number of hydrogen-bond acceptors (Lipinski definition) is 4. The molecule has 0 radical (unpaired) electrons. The fourth-order valence-electron chi connectivity index (χ4n) is 2.88. The normalized spacial score (nSPS) is 11.0. The van der Waals surface area contributed by atoms with Gasteiger partial charge in [-0.25, -0.2) is 4.79 Å². The fraction of sp³-hybridized carbons (Fsp3) is 0.0952. The summed E-state index contributed by atoms with van der Waals surface area (Å²) in [4.78, 5) is 16.9. The topological polar surface area (TPSA) is 51.3 Å². The van der Waals surface area contributed by atoms with Crippen LogP contribution in [0.2, 0.25) is 0 Å². The van der Waals surface area contributed by atoms with E-state index in [1.165, 1.54) is 17.9 Å². The molecule has 0 unspecified atom stereocenters. The zero-order valence-corrected chi connectivity index (χ0v) is 15.0. The van der Waals surface area contributed by atoms with Gasteiger partial charge >= 0.3 is 5.97 Å². The summed E-state index contributed by atoms with van der Waals surface area (Å²) in [5.41, 5.74) is 0.968.